The summed E-state index contributed by atoms with van der Waals surface area (Å²) in [5.41, 5.74) is 1.89. The van der Waals surface area contributed by atoms with Gasteiger partial charge in [0.1, 0.15) is 5.82 Å². The van der Waals surface area contributed by atoms with Gasteiger partial charge in [-0.15, -0.1) is 0 Å². The number of hydrogen-bond acceptors (Lipinski definition) is 2. The summed E-state index contributed by atoms with van der Waals surface area (Å²) in [5, 5.41) is 6.89. The van der Waals surface area contributed by atoms with E-state index in [4.69, 9.17) is 11.6 Å². The van der Waals surface area contributed by atoms with E-state index < -0.39 is 0 Å². The lowest BCUT2D eigenvalue weighted by Gasteiger charge is -2.21. The van der Waals surface area contributed by atoms with E-state index in [-0.39, 0.29) is 23.7 Å². The number of aliphatic imine (C=N–C) groups is 1. The molecule has 0 radical (unpaired) electrons. The Morgan fingerprint density at radius 2 is 1.90 bits per heavy atom. The molecule has 1 aliphatic rings. The van der Waals surface area contributed by atoms with Crippen LogP contribution in [0.15, 0.2) is 53.5 Å². The number of rotatable bonds is 7. The first kappa shape index (κ1) is 21.1. The molecule has 5 nitrogen and oxygen atoms in total. The van der Waals surface area contributed by atoms with E-state index in [0.29, 0.717) is 24.1 Å². The summed E-state index contributed by atoms with van der Waals surface area (Å²) in [5.74, 6) is 0.187. The molecule has 1 saturated carbocycles. The Bertz CT molecular complexity index is 882. The molecule has 0 atom stereocenters. The lowest BCUT2D eigenvalue weighted by molar-refractivity contribution is -0.127. The Labute approximate surface area is 176 Å². The summed E-state index contributed by atoms with van der Waals surface area (Å²) in [6, 6.07) is 14.5. The van der Waals surface area contributed by atoms with Crippen LogP contribution in [0.4, 0.5) is 4.39 Å². The average molecular weight is 417 g/mol. The molecule has 29 heavy (non-hydrogen) atoms. The number of nitrogens with one attached hydrogen (secondary N) is 2. The van der Waals surface area contributed by atoms with Crippen molar-refractivity contribution in [2.45, 2.75) is 24.8 Å². The predicted molar refractivity (Wildman–Crippen MR) is 115 cm³/mol. The number of carbonyl (C=O) groups is 1. The minimum absolute atomic E-state index is 0.0399. The Hall–Kier alpha value is -2.60. The van der Waals surface area contributed by atoms with Gasteiger partial charge in [-0.3, -0.25) is 4.79 Å². The lowest BCUT2D eigenvalue weighted by Crippen LogP contribution is -2.45. The van der Waals surface area contributed by atoms with Crippen LogP contribution in [-0.2, 0) is 16.8 Å². The van der Waals surface area contributed by atoms with Crippen molar-refractivity contribution < 1.29 is 9.18 Å². The van der Waals surface area contributed by atoms with Crippen molar-refractivity contribution in [3.8, 4) is 0 Å². The zero-order chi connectivity index (χ0) is 20.9. The number of likely N-dealkylation sites (N-methyl/N-ethyl adjacent to an activating group) is 1. The van der Waals surface area contributed by atoms with Gasteiger partial charge < -0.3 is 15.5 Å². The van der Waals surface area contributed by atoms with Crippen molar-refractivity contribution in [3.05, 3.63) is 70.5 Å². The van der Waals surface area contributed by atoms with E-state index in [1.165, 1.54) is 17.0 Å². The van der Waals surface area contributed by atoms with Crippen LogP contribution in [0.25, 0.3) is 0 Å². The molecule has 0 aromatic heterocycles. The van der Waals surface area contributed by atoms with Crippen LogP contribution >= 0.6 is 11.6 Å². The van der Waals surface area contributed by atoms with Gasteiger partial charge in [-0.2, -0.15) is 0 Å². The highest BCUT2D eigenvalue weighted by atomic mass is 35.5. The minimum atomic E-state index is -0.337. The molecule has 7 heteroatoms. The number of benzene rings is 2. The second kappa shape index (κ2) is 9.27. The van der Waals surface area contributed by atoms with E-state index in [0.717, 1.165) is 24.0 Å². The fourth-order valence-electron chi connectivity index (χ4n) is 3.11. The van der Waals surface area contributed by atoms with Crippen molar-refractivity contribution in [1.82, 2.24) is 15.5 Å². The van der Waals surface area contributed by atoms with Crippen LogP contribution in [0.2, 0.25) is 5.02 Å². The highest BCUT2D eigenvalue weighted by Crippen LogP contribution is 2.50. The number of amides is 1. The molecule has 2 aromatic rings. The van der Waals surface area contributed by atoms with E-state index in [9.17, 15) is 9.18 Å². The Balaban J connectivity index is 1.69. The van der Waals surface area contributed by atoms with Gasteiger partial charge in [-0.1, -0.05) is 48.0 Å². The fraction of sp³-hybridized carbons (Fsp3) is 0.364. The van der Waals surface area contributed by atoms with Crippen molar-refractivity contribution in [3.63, 3.8) is 0 Å². The number of carbonyl (C=O) groups excluding carboxylic acids is 1. The van der Waals surface area contributed by atoms with Crippen molar-refractivity contribution in [2.24, 2.45) is 4.99 Å². The molecule has 0 unspecified atom stereocenters. The van der Waals surface area contributed by atoms with Gasteiger partial charge in [0.25, 0.3) is 0 Å². The third-order valence-corrected chi connectivity index (χ3v) is 5.43. The maximum Gasteiger partial charge on any atom is 0.241 e. The average Bonchev–Trinajstić information content (AvgIpc) is 3.48. The monoisotopic (exact) mass is 416 g/mol. The smallest absolute Gasteiger partial charge is 0.241 e. The normalized spacial score (nSPS) is 15.0. The molecule has 2 aromatic carbocycles. The standard InChI is InChI=1S/C22H26ClFN4O/c1-28(2)20(29)14-26-21(25-13-16-6-4-3-5-7-16)27-15-22(10-11-22)18-9-8-17(24)12-19(18)23/h3-9,12H,10-11,13-15H2,1-2H3,(H2,25,26,27). The number of halogens is 2. The molecular weight excluding hydrogens is 391 g/mol. The first-order valence-corrected chi connectivity index (χ1v) is 9.99. The largest absolute Gasteiger partial charge is 0.355 e. The first-order chi connectivity index (χ1) is 13.9. The van der Waals surface area contributed by atoms with E-state index >= 15 is 0 Å². The second-order valence-corrected chi connectivity index (χ2v) is 7.96. The molecule has 0 spiro atoms. The van der Waals surface area contributed by atoms with Crippen LogP contribution in [0.5, 0.6) is 0 Å². The Morgan fingerprint density at radius 1 is 1.17 bits per heavy atom. The predicted octanol–water partition coefficient (Wildman–Crippen LogP) is 3.33. The molecule has 2 N–H and O–H groups in total. The van der Waals surface area contributed by atoms with Gasteiger partial charge in [0.05, 0.1) is 13.1 Å². The number of hydrogen-bond donors (Lipinski definition) is 2. The van der Waals surface area contributed by atoms with E-state index in [1.807, 2.05) is 30.3 Å². The molecule has 3 rings (SSSR count). The summed E-state index contributed by atoms with van der Waals surface area (Å²) < 4.78 is 13.4. The molecule has 1 amide bonds. The van der Waals surface area contributed by atoms with Crippen molar-refractivity contribution >= 4 is 23.5 Å². The summed E-state index contributed by atoms with van der Waals surface area (Å²) >= 11 is 6.28. The van der Waals surface area contributed by atoms with Gasteiger partial charge >= 0.3 is 0 Å². The third kappa shape index (κ3) is 5.70. The highest BCUT2D eigenvalue weighted by molar-refractivity contribution is 6.31. The molecule has 0 bridgehead atoms. The van der Waals surface area contributed by atoms with Crippen molar-refractivity contribution in [2.75, 3.05) is 27.2 Å². The summed E-state index contributed by atoms with van der Waals surface area (Å²) in [7, 11) is 3.43. The topological polar surface area (TPSA) is 56.7 Å². The van der Waals surface area contributed by atoms with Gasteiger partial charge in [0.2, 0.25) is 5.91 Å². The molecule has 0 aliphatic heterocycles. The van der Waals surface area contributed by atoms with Crippen LogP contribution in [0, 0.1) is 5.82 Å². The third-order valence-electron chi connectivity index (χ3n) is 5.12. The Kier molecular flexibility index (Phi) is 6.75. The zero-order valence-electron chi connectivity index (χ0n) is 16.7. The van der Waals surface area contributed by atoms with Crippen LogP contribution in [-0.4, -0.2) is 44.0 Å². The lowest BCUT2D eigenvalue weighted by atomic mass is 9.96. The quantitative estimate of drug-likeness (QED) is 0.537. The Morgan fingerprint density at radius 3 is 2.52 bits per heavy atom. The molecule has 1 fully saturated rings. The van der Waals surface area contributed by atoms with Gasteiger partial charge in [0, 0.05) is 31.1 Å². The van der Waals surface area contributed by atoms with Crippen LogP contribution in [0.3, 0.4) is 0 Å². The first-order valence-electron chi connectivity index (χ1n) is 9.61. The highest BCUT2D eigenvalue weighted by Gasteiger charge is 2.45. The van der Waals surface area contributed by atoms with Gasteiger partial charge in [-0.25, -0.2) is 9.38 Å². The second-order valence-electron chi connectivity index (χ2n) is 7.55. The molecule has 0 saturated heterocycles. The molecule has 154 valence electrons. The minimum Gasteiger partial charge on any atom is -0.355 e. The van der Waals surface area contributed by atoms with Crippen LogP contribution < -0.4 is 10.6 Å². The van der Waals surface area contributed by atoms with E-state index in [2.05, 4.69) is 15.6 Å². The van der Waals surface area contributed by atoms with Crippen molar-refractivity contribution in [1.29, 1.82) is 0 Å². The summed E-state index contributed by atoms with van der Waals surface area (Å²) in [6.45, 7) is 1.25. The number of guanidine groups is 1. The maximum atomic E-state index is 13.4. The maximum absolute atomic E-state index is 13.4. The van der Waals surface area contributed by atoms with E-state index in [1.54, 1.807) is 20.2 Å². The van der Waals surface area contributed by atoms with Gasteiger partial charge in [0.15, 0.2) is 5.96 Å². The molecule has 0 heterocycles. The number of nitrogens with zero attached hydrogens (tertiary/aromatic N) is 2. The van der Waals surface area contributed by atoms with Crippen LogP contribution in [0.1, 0.15) is 24.0 Å². The fourth-order valence-corrected chi connectivity index (χ4v) is 3.48. The molecular formula is C22H26ClFN4O. The summed E-state index contributed by atoms with van der Waals surface area (Å²) in [6.07, 6.45) is 1.93. The zero-order valence-corrected chi connectivity index (χ0v) is 17.5. The SMILES string of the molecule is CN(C)C(=O)CNC(=NCc1ccccc1)NCC1(c2ccc(F)cc2Cl)CC1. The molecule has 1 aliphatic carbocycles. The van der Waals surface area contributed by atoms with Gasteiger partial charge in [-0.05, 0) is 36.1 Å². The summed E-state index contributed by atoms with van der Waals surface area (Å²) in [4.78, 5) is 18.1.